The normalized spacial score (nSPS) is 11.5. The van der Waals surface area contributed by atoms with E-state index < -0.39 is 15.9 Å². The molecule has 3 aromatic carbocycles. The molecule has 3 aromatic rings. The highest BCUT2D eigenvalue weighted by Gasteiger charge is 2.19. The van der Waals surface area contributed by atoms with Crippen molar-refractivity contribution < 1.29 is 13.2 Å². The number of carbonyl (C=O) groups is 1. The number of aryl methyl sites for hydroxylation is 1. The predicted molar refractivity (Wildman–Crippen MR) is 135 cm³/mol. The highest BCUT2D eigenvalue weighted by atomic mass is 35.5. The number of anilines is 1. The van der Waals surface area contributed by atoms with Crippen LogP contribution in [-0.2, 0) is 16.6 Å². The number of nitrogens with zero attached hydrogens (tertiary/aromatic N) is 2. The van der Waals surface area contributed by atoms with Gasteiger partial charge in [0.15, 0.2) is 0 Å². The van der Waals surface area contributed by atoms with Crippen molar-refractivity contribution in [1.29, 1.82) is 0 Å². The van der Waals surface area contributed by atoms with Gasteiger partial charge in [-0.3, -0.25) is 9.10 Å². The minimum Gasteiger partial charge on any atom is -0.267 e. The number of benzene rings is 3. The Bertz CT molecular complexity index is 1300. The fraction of sp³-hybridized carbons (Fsp3) is 0.200. The molecular weight excluding hydrogens is 458 g/mol. The highest BCUT2D eigenvalue weighted by Crippen LogP contribution is 2.24. The van der Waals surface area contributed by atoms with Crippen LogP contribution in [0.3, 0.4) is 0 Å². The molecule has 33 heavy (non-hydrogen) atoms. The standard InChI is InChI=1S/C25H26ClN3O3S/c1-17-9-10-21(19(3)18(17)2)15-27-28-25(30)20-11-13-23(14-12-20)29(33(4,31)32)16-22-7-5-6-8-24(22)26/h5-15H,16H2,1-4H3,(H,28,30)/b27-15-. The van der Waals surface area contributed by atoms with Gasteiger partial charge in [0, 0.05) is 10.6 Å². The van der Waals surface area contributed by atoms with Gasteiger partial charge >= 0.3 is 0 Å². The summed E-state index contributed by atoms with van der Waals surface area (Å²) in [4.78, 5) is 12.5. The van der Waals surface area contributed by atoms with Crippen molar-refractivity contribution in [3.8, 4) is 0 Å². The molecule has 3 rings (SSSR count). The summed E-state index contributed by atoms with van der Waals surface area (Å²) in [7, 11) is -3.57. The van der Waals surface area contributed by atoms with E-state index in [4.69, 9.17) is 11.6 Å². The molecule has 6 nitrogen and oxygen atoms in total. The fourth-order valence-corrected chi connectivity index (χ4v) is 4.38. The van der Waals surface area contributed by atoms with Gasteiger partial charge in [0.05, 0.1) is 24.7 Å². The van der Waals surface area contributed by atoms with Gasteiger partial charge in [-0.05, 0) is 78.9 Å². The van der Waals surface area contributed by atoms with Crippen LogP contribution in [0.4, 0.5) is 5.69 Å². The quantitative estimate of drug-likeness (QED) is 0.379. The summed E-state index contributed by atoms with van der Waals surface area (Å²) < 4.78 is 26.0. The first-order valence-electron chi connectivity index (χ1n) is 10.3. The molecule has 0 spiro atoms. The van der Waals surface area contributed by atoms with E-state index in [1.807, 2.05) is 32.9 Å². The Kier molecular flexibility index (Phi) is 7.56. The Balaban J connectivity index is 1.74. The van der Waals surface area contributed by atoms with Gasteiger partial charge in [-0.2, -0.15) is 5.10 Å². The first-order chi connectivity index (χ1) is 15.6. The molecule has 0 atom stereocenters. The van der Waals surface area contributed by atoms with Crippen LogP contribution in [0.15, 0.2) is 65.8 Å². The van der Waals surface area contributed by atoms with Gasteiger partial charge in [-0.25, -0.2) is 13.8 Å². The number of amides is 1. The first kappa shape index (κ1) is 24.5. The zero-order chi connectivity index (χ0) is 24.2. The Morgan fingerprint density at radius 2 is 1.67 bits per heavy atom. The van der Waals surface area contributed by atoms with E-state index in [-0.39, 0.29) is 6.54 Å². The van der Waals surface area contributed by atoms with Crippen molar-refractivity contribution in [3.05, 3.63) is 99.1 Å². The van der Waals surface area contributed by atoms with Gasteiger partial charge < -0.3 is 0 Å². The number of hydrogen-bond acceptors (Lipinski definition) is 4. The monoisotopic (exact) mass is 483 g/mol. The van der Waals surface area contributed by atoms with Crippen molar-refractivity contribution in [3.63, 3.8) is 0 Å². The zero-order valence-corrected chi connectivity index (χ0v) is 20.5. The second kappa shape index (κ2) is 10.2. The van der Waals surface area contributed by atoms with E-state index >= 15 is 0 Å². The molecule has 0 unspecified atom stereocenters. The minimum absolute atomic E-state index is 0.0870. The topological polar surface area (TPSA) is 78.8 Å². The third kappa shape index (κ3) is 6.00. The van der Waals surface area contributed by atoms with Gasteiger partial charge in [-0.15, -0.1) is 0 Å². The Hall–Kier alpha value is -3.16. The lowest BCUT2D eigenvalue weighted by Gasteiger charge is -2.23. The second-order valence-corrected chi connectivity index (χ2v) is 10.1. The average molecular weight is 484 g/mol. The molecule has 0 aliphatic carbocycles. The lowest BCUT2D eigenvalue weighted by Crippen LogP contribution is -2.29. The summed E-state index contributed by atoms with van der Waals surface area (Å²) in [5, 5.41) is 4.55. The maximum Gasteiger partial charge on any atom is 0.271 e. The molecule has 1 amide bonds. The van der Waals surface area contributed by atoms with Crippen LogP contribution in [0.1, 0.15) is 38.2 Å². The Morgan fingerprint density at radius 3 is 2.30 bits per heavy atom. The number of nitrogens with one attached hydrogen (secondary N) is 1. The molecule has 0 saturated heterocycles. The fourth-order valence-electron chi connectivity index (χ4n) is 3.30. The highest BCUT2D eigenvalue weighted by molar-refractivity contribution is 7.92. The summed E-state index contributed by atoms with van der Waals surface area (Å²) in [6, 6.07) is 17.3. The number of hydrogen-bond donors (Lipinski definition) is 1. The molecule has 1 N–H and O–H groups in total. The molecule has 0 radical (unpaired) electrons. The van der Waals surface area contributed by atoms with E-state index in [0.29, 0.717) is 21.8 Å². The number of rotatable bonds is 7. The van der Waals surface area contributed by atoms with Crippen LogP contribution in [-0.4, -0.2) is 26.8 Å². The van der Waals surface area contributed by atoms with Crippen molar-refractivity contribution in [2.75, 3.05) is 10.6 Å². The largest absolute Gasteiger partial charge is 0.271 e. The lowest BCUT2D eigenvalue weighted by molar-refractivity contribution is 0.0955. The van der Waals surface area contributed by atoms with Crippen LogP contribution >= 0.6 is 11.6 Å². The van der Waals surface area contributed by atoms with Crippen molar-refractivity contribution in [2.24, 2.45) is 5.10 Å². The molecule has 0 aliphatic rings. The summed E-state index contributed by atoms with van der Waals surface area (Å²) in [5.74, 6) is -0.392. The van der Waals surface area contributed by atoms with Gasteiger partial charge in [0.25, 0.3) is 5.91 Å². The number of carbonyl (C=O) groups excluding carboxylic acids is 1. The molecule has 8 heteroatoms. The third-order valence-electron chi connectivity index (χ3n) is 5.56. The van der Waals surface area contributed by atoms with Crippen LogP contribution < -0.4 is 9.73 Å². The second-order valence-electron chi connectivity index (χ2n) is 7.83. The van der Waals surface area contributed by atoms with Crippen LogP contribution in [0, 0.1) is 20.8 Å². The molecule has 0 bridgehead atoms. The SMILES string of the molecule is Cc1ccc(/C=N\NC(=O)c2ccc(N(Cc3ccccc3Cl)S(C)(=O)=O)cc2)c(C)c1C. The molecule has 0 fully saturated rings. The summed E-state index contributed by atoms with van der Waals surface area (Å²) in [6.45, 7) is 6.20. The Labute approximate surface area is 200 Å². The van der Waals surface area contributed by atoms with E-state index in [1.54, 1.807) is 54.7 Å². The van der Waals surface area contributed by atoms with Crippen LogP contribution in [0.5, 0.6) is 0 Å². The van der Waals surface area contributed by atoms with Crippen molar-refractivity contribution in [1.82, 2.24) is 5.43 Å². The van der Waals surface area contributed by atoms with E-state index in [9.17, 15) is 13.2 Å². The molecule has 0 heterocycles. The predicted octanol–water partition coefficient (Wildman–Crippen LogP) is 5.00. The Morgan fingerprint density at radius 1 is 1.00 bits per heavy atom. The zero-order valence-electron chi connectivity index (χ0n) is 19.0. The first-order valence-corrected chi connectivity index (χ1v) is 12.5. The number of sulfonamides is 1. The van der Waals surface area contributed by atoms with Gasteiger partial charge in [0.2, 0.25) is 10.0 Å². The van der Waals surface area contributed by atoms with Gasteiger partial charge in [-0.1, -0.05) is 41.9 Å². The molecule has 172 valence electrons. The molecule has 0 saturated carbocycles. The number of halogens is 1. The maximum atomic E-state index is 12.5. The van der Waals surface area contributed by atoms with Crippen molar-refractivity contribution >= 4 is 39.4 Å². The van der Waals surface area contributed by atoms with E-state index in [2.05, 4.69) is 10.5 Å². The van der Waals surface area contributed by atoms with Crippen LogP contribution in [0.2, 0.25) is 5.02 Å². The van der Waals surface area contributed by atoms with Crippen molar-refractivity contribution in [2.45, 2.75) is 27.3 Å². The van der Waals surface area contributed by atoms with E-state index in [1.165, 1.54) is 15.4 Å². The van der Waals surface area contributed by atoms with Gasteiger partial charge in [0.1, 0.15) is 0 Å². The minimum atomic E-state index is -3.57. The van der Waals surface area contributed by atoms with E-state index in [0.717, 1.165) is 17.4 Å². The number of hydrazone groups is 1. The smallest absolute Gasteiger partial charge is 0.267 e. The summed E-state index contributed by atoms with van der Waals surface area (Å²) >= 11 is 6.20. The van der Waals surface area contributed by atoms with Crippen LogP contribution in [0.25, 0.3) is 0 Å². The molecule has 0 aliphatic heterocycles. The molecular formula is C25H26ClN3O3S. The lowest BCUT2D eigenvalue weighted by atomic mass is 10.00. The maximum absolute atomic E-state index is 12.5. The average Bonchev–Trinajstić information content (AvgIpc) is 2.78. The summed E-state index contributed by atoms with van der Waals surface area (Å²) in [5.41, 5.74) is 8.42. The molecule has 0 aromatic heterocycles. The third-order valence-corrected chi connectivity index (χ3v) is 7.07. The summed E-state index contributed by atoms with van der Waals surface area (Å²) in [6.07, 6.45) is 2.75.